The largest absolute Gasteiger partial charge is 0.468 e. The first-order valence-electron chi connectivity index (χ1n) is 5.80. The van der Waals surface area contributed by atoms with Gasteiger partial charge in [-0.3, -0.25) is 4.79 Å². The predicted octanol–water partition coefficient (Wildman–Crippen LogP) is 2.04. The lowest BCUT2D eigenvalue weighted by molar-refractivity contribution is -0.182. The fourth-order valence-electron chi connectivity index (χ4n) is 2.16. The molecule has 0 N–H and O–H groups in total. The lowest BCUT2D eigenvalue weighted by atomic mass is 9.79. The highest BCUT2D eigenvalue weighted by atomic mass is 16.5. The van der Waals surface area contributed by atoms with Gasteiger partial charge in [-0.2, -0.15) is 0 Å². The van der Waals surface area contributed by atoms with Crippen LogP contribution in [0.1, 0.15) is 16.7 Å². The molecule has 17 heavy (non-hydrogen) atoms. The van der Waals surface area contributed by atoms with Crippen LogP contribution in [0.4, 0.5) is 0 Å². The van der Waals surface area contributed by atoms with Gasteiger partial charge in [-0.05, 0) is 37.0 Å². The van der Waals surface area contributed by atoms with Crippen LogP contribution in [-0.2, 0) is 20.7 Å². The Hall–Kier alpha value is -1.35. The fraction of sp³-hybridized carbons (Fsp3) is 0.500. The van der Waals surface area contributed by atoms with E-state index in [4.69, 9.17) is 9.47 Å². The summed E-state index contributed by atoms with van der Waals surface area (Å²) in [5.41, 5.74) is 3.23. The lowest BCUT2D eigenvalue weighted by Crippen LogP contribution is -2.51. The molecule has 2 rings (SSSR count). The average Bonchev–Trinajstić information content (AvgIpc) is 2.27. The standard InChI is InChI=1S/C14H18O3/c1-10-4-5-12(6-11(10)2)7-14(8-17-9-14)13(15)16-3/h4-6H,7-9H2,1-3H3. The second kappa shape index (κ2) is 4.49. The van der Waals surface area contributed by atoms with E-state index in [1.54, 1.807) is 0 Å². The number of aryl methyl sites for hydroxylation is 2. The summed E-state index contributed by atoms with van der Waals surface area (Å²) in [5.74, 6) is -0.165. The van der Waals surface area contributed by atoms with Crippen LogP contribution in [-0.4, -0.2) is 26.3 Å². The van der Waals surface area contributed by atoms with Crippen molar-refractivity contribution < 1.29 is 14.3 Å². The van der Waals surface area contributed by atoms with Crippen LogP contribution in [0.3, 0.4) is 0 Å². The highest BCUT2D eigenvalue weighted by molar-refractivity contribution is 5.78. The second-order valence-electron chi connectivity index (χ2n) is 4.86. The molecule has 0 unspecified atom stereocenters. The van der Waals surface area contributed by atoms with Gasteiger partial charge in [-0.1, -0.05) is 18.2 Å². The van der Waals surface area contributed by atoms with Gasteiger partial charge in [0.15, 0.2) is 0 Å². The molecule has 92 valence electrons. The van der Waals surface area contributed by atoms with Crippen LogP contribution >= 0.6 is 0 Å². The highest BCUT2D eigenvalue weighted by Gasteiger charge is 2.47. The summed E-state index contributed by atoms with van der Waals surface area (Å²) in [5, 5.41) is 0. The van der Waals surface area contributed by atoms with Gasteiger partial charge in [-0.15, -0.1) is 0 Å². The maximum absolute atomic E-state index is 11.8. The molecule has 0 atom stereocenters. The molecule has 3 heteroatoms. The summed E-state index contributed by atoms with van der Waals surface area (Å²) in [6.45, 7) is 5.10. The normalized spacial score (nSPS) is 17.4. The Labute approximate surface area is 102 Å². The van der Waals surface area contributed by atoms with E-state index in [1.807, 2.05) is 0 Å². The van der Waals surface area contributed by atoms with Gasteiger partial charge in [-0.25, -0.2) is 0 Å². The topological polar surface area (TPSA) is 35.5 Å². The van der Waals surface area contributed by atoms with Gasteiger partial charge in [0.1, 0.15) is 5.41 Å². The molecule has 1 saturated heterocycles. The van der Waals surface area contributed by atoms with Crippen LogP contribution in [0.2, 0.25) is 0 Å². The predicted molar refractivity (Wildman–Crippen MR) is 64.9 cm³/mol. The number of ether oxygens (including phenoxy) is 2. The summed E-state index contributed by atoms with van der Waals surface area (Å²) in [4.78, 5) is 11.8. The Morgan fingerprint density at radius 3 is 2.53 bits per heavy atom. The summed E-state index contributed by atoms with van der Waals surface area (Å²) < 4.78 is 10.1. The van der Waals surface area contributed by atoms with E-state index in [2.05, 4.69) is 32.0 Å². The first kappa shape index (κ1) is 12.1. The van der Waals surface area contributed by atoms with E-state index in [0.717, 1.165) is 0 Å². The number of esters is 1. The van der Waals surface area contributed by atoms with Crippen molar-refractivity contribution in [1.29, 1.82) is 0 Å². The summed E-state index contributed by atoms with van der Waals surface area (Å²) in [6.07, 6.45) is 0.695. The number of methoxy groups -OCH3 is 1. The van der Waals surface area contributed by atoms with Crippen LogP contribution in [0.25, 0.3) is 0 Å². The minimum Gasteiger partial charge on any atom is -0.468 e. The molecule has 1 aromatic carbocycles. The Kier molecular flexibility index (Phi) is 3.20. The van der Waals surface area contributed by atoms with Crippen LogP contribution < -0.4 is 0 Å². The molecule has 1 fully saturated rings. The molecule has 1 heterocycles. The van der Waals surface area contributed by atoms with Gasteiger partial charge in [0, 0.05) is 0 Å². The molecular weight excluding hydrogens is 216 g/mol. The minimum atomic E-state index is -0.462. The van der Waals surface area contributed by atoms with Crippen molar-refractivity contribution in [3.05, 3.63) is 34.9 Å². The zero-order valence-electron chi connectivity index (χ0n) is 10.6. The molecule has 0 bridgehead atoms. The van der Waals surface area contributed by atoms with Crippen molar-refractivity contribution >= 4 is 5.97 Å². The molecule has 3 nitrogen and oxygen atoms in total. The smallest absolute Gasteiger partial charge is 0.316 e. The SMILES string of the molecule is COC(=O)C1(Cc2ccc(C)c(C)c2)COC1. The van der Waals surface area contributed by atoms with E-state index in [1.165, 1.54) is 23.8 Å². The number of carbonyl (C=O) groups excluding carboxylic acids is 1. The van der Waals surface area contributed by atoms with E-state index in [-0.39, 0.29) is 5.97 Å². The van der Waals surface area contributed by atoms with E-state index in [0.29, 0.717) is 19.6 Å². The maximum atomic E-state index is 11.8. The Morgan fingerprint density at radius 2 is 2.06 bits per heavy atom. The van der Waals surface area contributed by atoms with Crippen molar-refractivity contribution in [3.63, 3.8) is 0 Å². The Morgan fingerprint density at radius 1 is 1.35 bits per heavy atom. The van der Waals surface area contributed by atoms with Crippen molar-refractivity contribution in [3.8, 4) is 0 Å². The van der Waals surface area contributed by atoms with E-state index in [9.17, 15) is 4.79 Å². The highest BCUT2D eigenvalue weighted by Crippen LogP contribution is 2.33. The van der Waals surface area contributed by atoms with Gasteiger partial charge in [0.05, 0.1) is 20.3 Å². The summed E-state index contributed by atoms with van der Waals surface area (Å²) in [6, 6.07) is 6.30. The summed E-state index contributed by atoms with van der Waals surface area (Å²) in [7, 11) is 1.43. The molecule has 1 aliphatic rings. The van der Waals surface area contributed by atoms with E-state index >= 15 is 0 Å². The van der Waals surface area contributed by atoms with Gasteiger partial charge < -0.3 is 9.47 Å². The lowest BCUT2D eigenvalue weighted by Gasteiger charge is -2.38. The molecule has 0 aromatic heterocycles. The number of hydrogen-bond acceptors (Lipinski definition) is 3. The zero-order chi connectivity index (χ0) is 12.5. The molecule has 0 radical (unpaired) electrons. The summed E-state index contributed by atoms with van der Waals surface area (Å²) >= 11 is 0. The molecule has 0 spiro atoms. The van der Waals surface area contributed by atoms with Gasteiger partial charge in [0.2, 0.25) is 0 Å². The van der Waals surface area contributed by atoms with E-state index < -0.39 is 5.41 Å². The van der Waals surface area contributed by atoms with Crippen molar-refractivity contribution in [2.24, 2.45) is 5.41 Å². The third-order valence-electron chi connectivity index (χ3n) is 3.49. The minimum absolute atomic E-state index is 0.165. The third-order valence-corrected chi connectivity index (χ3v) is 3.49. The first-order valence-corrected chi connectivity index (χ1v) is 5.80. The Bertz CT molecular complexity index is 433. The number of benzene rings is 1. The fourth-order valence-corrected chi connectivity index (χ4v) is 2.16. The second-order valence-corrected chi connectivity index (χ2v) is 4.86. The first-order chi connectivity index (χ1) is 8.07. The van der Waals surface area contributed by atoms with Gasteiger partial charge in [0.25, 0.3) is 0 Å². The van der Waals surface area contributed by atoms with Gasteiger partial charge >= 0.3 is 5.97 Å². The molecular formula is C14H18O3. The van der Waals surface area contributed by atoms with Crippen molar-refractivity contribution in [2.45, 2.75) is 20.3 Å². The Balaban J connectivity index is 2.18. The molecule has 1 aliphatic heterocycles. The number of rotatable bonds is 3. The van der Waals surface area contributed by atoms with Crippen LogP contribution in [0.5, 0.6) is 0 Å². The van der Waals surface area contributed by atoms with Crippen LogP contribution in [0.15, 0.2) is 18.2 Å². The number of carbonyl (C=O) groups is 1. The molecule has 0 aliphatic carbocycles. The maximum Gasteiger partial charge on any atom is 0.316 e. The molecule has 0 amide bonds. The molecule has 0 saturated carbocycles. The van der Waals surface area contributed by atoms with Crippen LogP contribution in [0, 0.1) is 19.3 Å². The van der Waals surface area contributed by atoms with Crippen molar-refractivity contribution in [2.75, 3.05) is 20.3 Å². The average molecular weight is 234 g/mol. The quantitative estimate of drug-likeness (QED) is 0.751. The third kappa shape index (κ3) is 2.20. The number of hydrogen-bond donors (Lipinski definition) is 0. The van der Waals surface area contributed by atoms with Crippen molar-refractivity contribution in [1.82, 2.24) is 0 Å². The monoisotopic (exact) mass is 234 g/mol. The zero-order valence-corrected chi connectivity index (χ0v) is 10.6. The molecule has 1 aromatic rings.